The fraction of sp³-hybridized carbons (Fsp3) is 0.316. The Hall–Kier alpha value is -2.13. The highest BCUT2D eigenvalue weighted by atomic mass is 16.5. The lowest BCUT2D eigenvalue weighted by molar-refractivity contribution is 0.0600. The number of carbonyl (C=O) groups excluding carboxylic acids is 1. The molecule has 0 amide bonds. The van der Waals surface area contributed by atoms with Crippen molar-refractivity contribution in [1.82, 2.24) is 4.90 Å². The molecule has 2 aromatic carbocycles. The molecule has 1 atom stereocenters. The van der Waals surface area contributed by atoms with Crippen LogP contribution in [0.25, 0.3) is 0 Å². The van der Waals surface area contributed by atoms with E-state index in [1.54, 1.807) is 0 Å². The van der Waals surface area contributed by atoms with Crippen LogP contribution >= 0.6 is 0 Å². The van der Waals surface area contributed by atoms with Gasteiger partial charge in [0.25, 0.3) is 0 Å². The summed E-state index contributed by atoms with van der Waals surface area (Å²) in [5.41, 5.74) is 4.73. The first-order chi connectivity index (χ1) is 10.7. The summed E-state index contributed by atoms with van der Waals surface area (Å²) in [5.74, 6) is -0.287. The molecular weight excluding hydrogens is 274 g/mol. The van der Waals surface area contributed by atoms with Crippen LogP contribution in [-0.4, -0.2) is 25.0 Å². The topological polar surface area (TPSA) is 29.5 Å². The van der Waals surface area contributed by atoms with Gasteiger partial charge < -0.3 is 4.74 Å². The maximum absolute atomic E-state index is 11.5. The van der Waals surface area contributed by atoms with Crippen molar-refractivity contribution in [3.8, 4) is 0 Å². The number of esters is 1. The van der Waals surface area contributed by atoms with Crippen molar-refractivity contribution in [2.75, 3.05) is 14.2 Å². The molecule has 1 aliphatic carbocycles. The molecule has 3 rings (SSSR count). The summed E-state index contributed by atoms with van der Waals surface area (Å²) in [7, 11) is 3.57. The summed E-state index contributed by atoms with van der Waals surface area (Å²) in [5, 5.41) is 0. The van der Waals surface area contributed by atoms with Crippen molar-refractivity contribution in [2.45, 2.75) is 25.4 Å². The fourth-order valence-electron chi connectivity index (χ4n) is 3.25. The molecule has 3 nitrogen and oxygen atoms in total. The molecule has 22 heavy (non-hydrogen) atoms. The van der Waals surface area contributed by atoms with E-state index in [2.05, 4.69) is 36.2 Å². The normalized spacial score (nSPS) is 16.6. The average Bonchev–Trinajstić information content (AvgIpc) is 2.99. The Bertz CT molecular complexity index is 663. The molecule has 0 spiro atoms. The average molecular weight is 295 g/mol. The van der Waals surface area contributed by atoms with E-state index >= 15 is 0 Å². The molecule has 0 bridgehead atoms. The van der Waals surface area contributed by atoms with Gasteiger partial charge in [-0.1, -0.05) is 36.4 Å². The predicted molar refractivity (Wildman–Crippen MR) is 86.8 cm³/mol. The molecule has 0 fully saturated rings. The van der Waals surface area contributed by atoms with Crippen LogP contribution in [0, 0.1) is 0 Å². The van der Waals surface area contributed by atoms with Crippen LogP contribution in [0.4, 0.5) is 0 Å². The lowest BCUT2D eigenvalue weighted by Crippen LogP contribution is -2.22. The van der Waals surface area contributed by atoms with Crippen LogP contribution in [-0.2, 0) is 17.7 Å². The molecule has 1 aliphatic rings. The zero-order valence-electron chi connectivity index (χ0n) is 13.1. The van der Waals surface area contributed by atoms with Gasteiger partial charge in [-0.2, -0.15) is 0 Å². The zero-order valence-corrected chi connectivity index (χ0v) is 13.1. The molecule has 2 aromatic rings. The van der Waals surface area contributed by atoms with Gasteiger partial charge in [0.2, 0.25) is 0 Å². The van der Waals surface area contributed by atoms with Crippen LogP contribution in [0.5, 0.6) is 0 Å². The molecule has 0 saturated heterocycles. The van der Waals surface area contributed by atoms with Crippen LogP contribution < -0.4 is 0 Å². The minimum atomic E-state index is -0.287. The zero-order chi connectivity index (χ0) is 15.5. The second-order valence-electron chi connectivity index (χ2n) is 5.86. The fourth-order valence-corrected chi connectivity index (χ4v) is 3.25. The number of aryl methyl sites for hydroxylation is 1. The minimum Gasteiger partial charge on any atom is -0.465 e. The van der Waals surface area contributed by atoms with Gasteiger partial charge in [0, 0.05) is 12.6 Å². The number of ether oxygens (including phenoxy) is 1. The first-order valence-electron chi connectivity index (χ1n) is 7.64. The minimum absolute atomic E-state index is 0.287. The highest BCUT2D eigenvalue weighted by molar-refractivity contribution is 5.89. The molecule has 0 N–H and O–H groups in total. The van der Waals surface area contributed by atoms with E-state index in [1.165, 1.54) is 30.2 Å². The second-order valence-corrected chi connectivity index (χ2v) is 5.86. The summed E-state index contributed by atoms with van der Waals surface area (Å²) in [4.78, 5) is 13.8. The molecule has 3 heteroatoms. The van der Waals surface area contributed by atoms with E-state index in [1.807, 2.05) is 24.3 Å². The van der Waals surface area contributed by atoms with Crippen molar-refractivity contribution >= 4 is 5.97 Å². The highest BCUT2D eigenvalue weighted by Gasteiger charge is 2.25. The van der Waals surface area contributed by atoms with E-state index in [-0.39, 0.29) is 5.97 Å². The molecular formula is C19H21NO2. The number of rotatable bonds is 4. The van der Waals surface area contributed by atoms with Gasteiger partial charge in [-0.3, -0.25) is 4.90 Å². The Morgan fingerprint density at radius 3 is 2.64 bits per heavy atom. The molecule has 0 saturated carbocycles. The van der Waals surface area contributed by atoms with Gasteiger partial charge in [-0.05, 0) is 48.7 Å². The van der Waals surface area contributed by atoms with Crippen molar-refractivity contribution in [3.63, 3.8) is 0 Å². The van der Waals surface area contributed by atoms with Gasteiger partial charge in [-0.25, -0.2) is 4.79 Å². The SMILES string of the molecule is COC(=O)c1ccc(CN(C)[C@H]2CCc3ccccc32)cc1. The third-order valence-electron chi connectivity index (χ3n) is 4.44. The van der Waals surface area contributed by atoms with E-state index in [4.69, 9.17) is 4.74 Å². The van der Waals surface area contributed by atoms with E-state index < -0.39 is 0 Å². The number of hydrogen-bond donors (Lipinski definition) is 0. The van der Waals surface area contributed by atoms with E-state index in [0.717, 1.165) is 13.0 Å². The standard InChI is InChI=1S/C19H21NO2/c1-20(18-12-11-15-5-3-4-6-17(15)18)13-14-7-9-16(10-8-14)19(21)22-2/h3-10,18H,11-13H2,1-2H3/t18-/m0/s1. The largest absolute Gasteiger partial charge is 0.465 e. The third kappa shape index (κ3) is 2.90. The third-order valence-corrected chi connectivity index (χ3v) is 4.44. The Morgan fingerprint density at radius 2 is 1.91 bits per heavy atom. The lowest BCUT2D eigenvalue weighted by atomic mass is 10.1. The van der Waals surface area contributed by atoms with Crippen molar-refractivity contribution in [3.05, 3.63) is 70.8 Å². The first kappa shape index (κ1) is 14.8. The summed E-state index contributed by atoms with van der Waals surface area (Å²) < 4.78 is 4.73. The number of benzene rings is 2. The second kappa shape index (κ2) is 6.32. The summed E-state index contributed by atoms with van der Waals surface area (Å²) in [6, 6.07) is 16.9. The van der Waals surface area contributed by atoms with Gasteiger partial charge in [0.1, 0.15) is 0 Å². The molecule has 114 valence electrons. The maximum Gasteiger partial charge on any atom is 0.337 e. The maximum atomic E-state index is 11.5. The number of carbonyl (C=O) groups is 1. The summed E-state index contributed by atoms with van der Waals surface area (Å²) in [6.07, 6.45) is 2.34. The highest BCUT2D eigenvalue weighted by Crippen LogP contribution is 2.35. The number of hydrogen-bond acceptors (Lipinski definition) is 3. The van der Waals surface area contributed by atoms with E-state index in [0.29, 0.717) is 11.6 Å². The van der Waals surface area contributed by atoms with Gasteiger partial charge in [0.05, 0.1) is 12.7 Å². The Morgan fingerprint density at radius 1 is 1.18 bits per heavy atom. The Labute approximate surface area is 131 Å². The number of nitrogens with zero attached hydrogens (tertiary/aromatic N) is 1. The molecule has 0 unspecified atom stereocenters. The van der Waals surface area contributed by atoms with Crippen LogP contribution in [0.2, 0.25) is 0 Å². The van der Waals surface area contributed by atoms with E-state index in [9.17, 15) is 4.79 Å². The van der Waals surface area contributed by atoms with Crippen LogP contribution in [0.1, 0.15) is 39.5 Å². The summed E-state index contributed by atoms with van der Waals surface area (Å²) in [6.45, 7) is 0.875. The lowest BCUT2D eigenvalue weighted by Gasteiger charge is -2.25. The van der Waals surface area contributed by atoms with Crippen LogP contribution in [0.3, 0.4) is 0 Å². The van der Waals surface area contributed by atoms with Crippen molar-refractivity contribution < 1.29 is 9.53 Å². The predicted octanol–water partition coefficient (Wildman–Crippen LogP) is 3.59. The van der Waals surface area contributed by atoms with Crippen molar-refractivity contribution in [2.24, 2.45) is 0 Å². The van der Waals surface area contributed by atoms with Crippen LogP contribution in [0.15, 0.2) is 48.5 Å². The Balaban J connectivity index is 1.70. The summed E-state index contributed by atoms with van der Waals surface area (Å²) >= 11 is 0. The van der Waals surface area contributed by atoms with Gasteiger partial charge in [0.15, 0.2) is 0 Å². The Kier molecular flexibility index (Phi) is 4.25. The monoisotopic (exact) mass is 295 g/mol. The smallest absolute Gasteiger partial charge is 0.337 e. The molecule has 0 heterocycles. The molecule has 0 aliphatic heterocycles. The number of methoxy groups -OCH3 is 1. The first-order valence-corrected chi connectivity index (χ1v) is 7.64. The molecule has 0 aromatic heterocycles. The van der Waals surface area contributed by atoms with Gasteiger partial charge >= 0.3 is 5.97 Å². The van der Waals surface area contributed by atoms with Gasteiger partial charge in [-0.15, -0.1) is 0 Å². The quantitative estimate of drug-likeness (QED) is 0.807. The number of fused-ring (bicyclic) bond motifs is 1. The molecule has 0 radical (unpaired) electrons. The van der Waals surface area contributed by atoms with Crippen molar-refractivity contribution in [1.29, 1.82) is 0 Å².